The van der Waals surface area contributed by atoms with Gasteiger partial charge in [0.1, 0.15) is 5.76 Å². The third kappa shape index (κ3) is 4.22. The number of nitrogens with one attached hydrogen (secondary N) is 1. The molecule has 1 N–H and O–H groups in total. The molecule has 2 atom stereocenters. The van der Waals surface area contributed by atoms with Crippen molar-refractivity contribution in [2.24, 2.45) is 5.92 Å². The number of hydrogen-bond donors (Lipinski definition) is 1. The maximum Gasteiger partial charge on any atom is 0.289 e. The molecule has 138 valence electrons. The zero-order valence-corrected chi connectivity index (χ0v) is 15.0. The van der Waals surface area contributed by atoms with Crippen LogP contribution in [0.25, 0.3) is 0 Å². The Morgan fingerprint density at radius 1 is 1.24 bits per heavy atom. The molecule has 7 nitrogen and oxygen atoms in total. The van der Waals surface area contributed by atoms with E-state index in [0.29, 0.717) is 30.0 Å². The third-order valence-corrected chi connectivity index (χ3v) is 5.12. The predicted molar refractivity (Wildman–Crippen MR) is 92.1 cm³/mol. The fraction of sp³-hybridized carbons (Fsp3) is 0.667. The van der Waals surface area contributed by atoms with Crippen LogP contribution in [0.4, 0.5) is 0 Å². The largest absolute Gasteiger partial charge is 0.454 e. The first-order chi connectivity index (χ1) is 12.1. The van der Waals surface area contributed by atoms with Crippen LogP contribution in [-0.4, -0.2) is 67.0 Å². The van der Waals surface area contributed by atoms with Crippen molar-refractivity contribution in [1.29, 1.82) is 0 Å². The summed E-state index contributed by atoms with van der Waals surface area (Å²) < 4.78 is 11.1. The van der Waals surface area contributed by atoms with Gasteiger partial charge in [0.15, 0.2) is 5.76 Å². The second kappa shape index (κ2) is 8.01. The van der Waals surface area contributed by atoms with Gasteiger partial charge in [0.05, 0.1) is 19.8 Å². The first kappa shape index (κ1) is 17.9. The van der Waals surface area contributed by atoms with Gasteiger partial charge in [-0.15, -0.1) is 0 Å². The van der Waals surface area contributed by atoms with E-state index in [1.165, 1.54) is 6.92 Å². The summed E-state index contributed by atoms with van der Waals surface area (Å²) in [6.07, 6.45) is 1.05. The average Bonchev–Trinajstić information content (AvgIpc) is 3.27. The number of ether oxygens (including phenoxy) is 1. The van der Waals surface area contributed by atoms with Gasteiger partial charge in [-0.3, -0.25) is 14.5 Å². The zero-order valence-electron chi connectivity index (χ0n) is 15.0. The average molecular weight is 349 g/mol. The van der Waals surface area contributed by atoms with Crippen LogP contribution in [0.15, 0.2) is 16.5 Å². The fourth-order valence-corrected chi connectivity index (χ4v) is 3.70. The van der Waals surface area contributed by atoms with Crippen molar-refractivity contribution in [1.82, 2.24) is 15.1 Å². The minimum absolute atomic E-state index is 0.0664. The molecule has 1 aromatic heterocycles. The summed E-state index contributed by atoms with van der Waals surface area (Å²) in [5, 5.41) is 2.67. The lowest BCUT2D eigenvalue weighted by Crippen LogP contribution is -2.47. The van der Waals surface area contributed by atoms with E-state index in [9.17, 15) is 9.59 Å². The second-order valence-electron chi connectivity index (χ2n) is 6.77. The molecule has 3 heterocycles. The van der Waals surface area contributed by atoms with Crippen LogP contribution in [-0.2, 0) is 16.1 Å². The molecule has 2 amide bonds. The van der Waals surface area contributed by atoms with Crippen LogP contribution in [0.3, 0.4) is 0 Å². The molecule has 0 saturated carbocycles. The number of furan rings is 1. The number of rotatable bonds is 5. The maximum atomic E-state index is 12.8. The van der Waals surface area contributed by atoms with Gasteiger partial charge in [-0.2, -0.15) is 0 Å². The van der Waals surface area contributed by atoms with Crippen molar-refractivity contribution in [2.75, 3.05) is 39.4 Å². The molecule has 2 saturated heterocycles. The Hall–Kier alpha value is -1.86. The standard InChI is InChI=1S/C18H27N3O4/c1-3-14-11-21(12-16(14)20-6-8-24-9-7-20)18(23)17-5-4-15(25-17)10-19-13(2)22/h4-5,14,16H,3,6-12H2,1-2H3,(H,19,22)/t14-,16-/m0/s1. The Kier molecular flexibility index (Phi) is 5.75. The van der Waals surface area contributed by atoms with Gasteiger partial charge in [-0.25, -0.2) is 0 Å². The lowest BCUT2D eigenvalue weighted by molar-refractivity contribution is -0.119. The minimum atomic E-state index is -0.122. The Bertz CT molecular complexity index is 609. The molecule has 0 aromatic carbocycles. The number of carbonyl (C=O) groups is 2. The molecule has 7 heteroatoms. The molecular weight excluding hydrogens is 322 g/mol. The summed E-state index contributed by atoms with van der Waals surface area (Å²) in [4.78, 5) is 28.1. The first-order valence-electron chi connectivity index (χ1n) is 9.02. The minimum Gasteiger partial charge on any atom is -0.454 e. The topological polar surface area (TPSA) is 75.0 Å². The highest BCUT2D eigenvalue weighted by atomic mass is 16.5. The van der Waals surface area contributed by atoms with Gasteiger partial charge in [-0.1, -0.05) is 13.3 Å². The number of hydrogen-bond acceptors (Lipinski definition) is 5. The molecule has 0 unspecified atom stereocenters. The van der Waals surface area contributed by atoms with E-state index >= 15 is 0 Å². The van der Waals surface area contributed by atoms with Crippen molar-refractivity contribution in [3.05, 3.63) is 23.7 Å². The van der Waals surface area contributed by atoms with Crippen molar-refractivity contribution >= 4 is 11.8 Å². The van der Waals surface area contributed by atoms with Crippen LogP contribution in [0.1, 0.15) is 36.6 Å². The molecule has 25 heavy (non-hydrogen) atoms. The quantitative estimate of drug-likeness (QED) is 0.862. The van der Waals surface area contributed by atoms with E-state index < -0.39 is 0 Å². The Morgan fingerprint density at radius 2 is 2.00 bits per heavy atom. The molecular formula is C18H27N3O4. The molecule has 2 aliphatic rings. The second-order valence-corrected chi connectivity index (χ2v) is 6.77. The maximum absolute atomic E-state index is 12.8. The summed E-state index contributed by atoms with van der Waals surface area (Å²) >= 11 is 0. The van der Waals surface area contributed by atoms with Crippen LogP contribution in [0.2, 0.25) is 0 Å². The van der Waals surface area contributed by atoms with Crippen molar-refractivity contribution in [2.45, 2.75) is 32.9 Å². The molecule has 3 rings (SSSR count). The van der Waals surface area contributed by atoms with Crippen LogP contribution < -0.4 is 5.32 Å². The number of likely N-dealkylation sites (tertiary alicyclic amines) is 1. The first-order valence-corrected chi connectivity index (χ1v) is 9.02. The lowest BCUT2D eigenvalue weighted by Gasteiger charge is -2.34. The van der Waals surface area contributed by atoms with E-state index in [1.54, 1.807) is 12.1 Å². The van der Waals surface area contributed by atoms with Gasteiger partial charge >= 0.3 is 0 Å². The van der Waals surface area contributed by atoms with Crippen molar-refractivity contribution < 1.29 is 18.7 Å². The van der Waals surface area contributed by atoms with Gasteiger partial charge in [0.25, 0.3) is 5.91 Å². The molecule has 1 aromatic rings. The van der Waals surface area contributed by atoms with E-state index in [1.807, 2.05) is 4.90 Å². The smallest absolute Gasteiger partial charge is 0.289 e. The van der Waals surface area contributed by atoms with E-state index in [-0.39, 0.29) is 11.8 Å². The third-order valence-electron chi connectivity index (χ3n) is 5.12. The molecule has 2 aliphatic heterocycles. The van der Waals surface area contributed by atoms with Gasteiger partial charge in [0.2, 0.25) is 5.91 Å². The number of nitrogens with zero attached hydrogens (tertiary/aromatic N) is 2. The van der Waals surface area contributed by atoms with Crippen molar-refractivity contribution in [3.8, 4) is 0 Å². The SMILES string of the molecule is CC[C@H]1CN(C(=O)c2ccc(CNC(C)=O)o2)C[C@@H]1N1CCOCC1. The van der Waals surface area contributed by atoms with E-state index in [2.05, 4.69) is 17.1 Å². The predicted octanol–water partition coefficient (Wildman–Crippen LogP) is 1.10. The molecule has 2 fully saturated rings. The highest BCUT2D eigenvalue weighted by Crippen LogP contribution is 2.27. The van der Waals surface area contributed by atoms with E-state index in [4.69, 9.17) is 9.15 Å². The van der Waals surface area contributed by atoms with Gasteiger partial charge < -0.3 is 19.4 Å². The highest BCUT2D eigenvalue weighted by molar-refractivity contribution is 5.91. The Labute approximate surface area is 148 Å². The molecule has 0 radical (unpaired) electrons. The molecule has 0 bridgehead atoms. The Balaban J connectivity index is 1.63. The highest BCUT2D eigenvalue weighted by Gasteiger charge is 2.38. The zero-order chi connectivity index (χ0) is 17.8. The van der Waals surface area contributed by atoms with Crippen LogP contribution >= 0.6 is 0 Å². The van der Waals surface area contributed by atoms with Gasteiger partial charge in [0, 0.05) is 39.1 Å². The Morgan fingerprint density at radius 3 is 2.68 bits per heavy atom. The monoisotopic (exact) mass is 349 g/mol. The van der Waals surface area contributed by atoms with Crippen LogP contribution in [0.5, 0.6) is 0 Å². The summed E-state index contributed by atoms with van der Waals surface area (Å²) in [6, 6.07) is 3.84. The molecule has 0 spiro atoms. The normalized spacial score (nSPS) is 24.5. The molecule has 0 aliphatic carbocycles. The number of morpholine rings is 1. The van der Waals surface area contributed by atoms with Crippen LogP contribution in [0, 0.1) is 5.92 Å². The number of carbonyl (C=O) groups excluding carboxylic acids is 2. The van der Waals surface area contributed by atoms with E-state index in [0.717, 1.165) is 45.8 Å². The van der Waals surface area contributed by atoms with Gasteiger partial charge in [-0.05, 0) is 18.1 Å². The summed E-state index contributed by atoms with van der Waals surface area (Å²) in [5.41, 5.74) is 0. The van der Waals surface area contributed by atoms with Crippen molar-refractivity contribution in [3.63, 3.8) is 0 Å². The summed E-state index contributed by atoms with van der Waals surface area (Å²) in [5.74, 6) is 1.23. The number of amides is 2. The fourth-order valence-electron chi connectivity index (χ4n) is 3.70. The summed E-state index contributed by atoms with van der Waals surface area (Å²) in [6.45, 7) is 8.85. The summed E-state index contributed by atoms with van der Waals surface area (Å²) in [7, 11) is 0. The lowest BCUT2D eigenvalue weighted by atomic mass is 9.99.